The third-order valence-electron chi connectivity index (χ3n) is 3.36. The van der Waals surface area contributed by atoms with E-state index in [1.165, 1.54) is 5.56 Å². The van der Waals surface area contributed by atoms with Crippen LogP contribution < -0.4 is 0 Å². The Morgan fingerprint density at radius 3 is 2.46 bits per heavy atom. The summed E-state index contributed by atoms with van der Waals surface area (Å²) in [4.78, 5) is 11.8. The topological polar surface area (TPSA) is 17.1 Å². The van der Waals surface area contributed by atoms with Gasteiger partial charge in [0.25, 0.3) is 0 Å². The lowest BCUT2D eigenvalue weighted by Gasteiger charge is -2.23. The normalized spacial score (nSPS) is 24.5. The van der Waals surface area contributed by atoms with Crippen molar-refractivity contribution in [2.75, 3.05) is 0 Å². The molecule has 2 rings (SSSR count). The maximum atomic E-state index is 11.8. The van der Waals surface area contributed by atoms with E-state index in [1.54, 1.807) is 0 Å². The molecule has 0 fully saturated rings. The molecular weight excluding hydrogens is 160 g/mol. The number of benzene rings is 1. The second kappa shape index (κ2) is 2.44. The summed E-state index contributed by atoms with van der Waals surface area (Å²) in [5, 5.41) is 0. The van der Waals surface area contributed by atoms with Gasteiger partial charge in [0.15, 0.2) is 5.78 Å². The van der Waals surface area contributed by atoms with E-state index in [2.05, 4.69) is 19.9 Å². The highest BCUT2D eigenvalue weighted by Gasteiger charge is 2.42. The summed E-state index contributed by atoms with van der Waals surface area (Å²) >= 11 is 0. The van der Waals surface area contributed by atoms with E-state index in [0.717, 1.165) is 5.56 Å². The summed E-state index contributed by atoms with van der Waals surface area (Å²) in [5.74, 6) is 0.408. The summed E-state index contributed by atoms with van der Waals surface area (Å²) in [5.41, 5.74) is 2.13. The van der Waals surface area contributed by atoms with Crippen molar-refractivity contribution in [3.8, 4) is 0 Å². The average Bonchev–Trinajstić information content (AvgIpc) is 2.30. The lowest BCUT2D eigenvalue weighted by Crippen LogP contribution is -2.23. The first-order chi connectivity index (χ1) is 6.05. The Hall–Kier alpha value is -1.11. The molecule has 1 aromatic carbocycles. The molecule has 1 aliphatic rings. The van der Waals surface area contributed by atoms with Crippen LogP contribution in [0, 0.1) is 5.92 Å². The molecule has 0 heterocycles. The Kier molecular flexibility index (Phi) is 1.59. The highest BCUT2D eigenvalue weighted by molar-refractivity contribution is 6.03. The molecule has 1 heteroatoms. The van der Waals surface area contributed by atoms with Crippen molar-refractivity contribution < 1.29 is 4.79 Å². The first kappa shape index (κ1) is 8.49. The standard InChI is InChI=1S/C12H14O/c1-8-11(13)9-6-4-5-7-10(9)12(8,2)3/h4-8H,1-3H3. The second-order valence-corrected chi connectivity index (χ2v) is 4.35. The van der Waals surface area contributed by atoms with Crippen molar-refractivity contribution in [1.29, 1.82) is 0 Å². The van der Waals surface area contributed by atoms with Crippen LogP contribution in [0.15, 0.2) is 24.3 Å². The van der Waals surface area contributed by atoms with E-state index in [0.29, 0.717) is 5.78 Å². The minimum absolute atomic E-state index is 0.00762. The maximum absolute atomic E-state index is 11.8. The van der Waals surface area contributed by atoms with Crippen molar-refractivity contribution in [2.24, 2.45) is 5.92 Å². The van der Waals surface area contributed by atoms with Gasteiger partial charge in [0.05, 0.1) is 0 Å². The molecule has 0 N–H and O–H groups in total. The van der Waals surface area contributed by atoms with E-state index < -0.39 is 0 Å². The molecule has 0 amide bonds. The first-order valence-corrected chi connectivity index (χ1v) is 4.69. The van der Waals surface area contributed by atoms with Crippen LogP contribution in [0.4, 0.5) is 0 Å². The van der Waals surface area contributed by atoms with Crippen LogP contribution in [-0.2, 0) is 5.41 Å². The predicted molar refractivity (Wildman–Crippen MR) is 53.0 cm³/mol. The maximum Gasteiger partial charge on any atom is 0.166 e. The molecule has 0 radical (unpaired) electrons. The minimum atomic E-state index is 0.00762. The summed E-state index contributed by atoms with van der Waals surface area (Å²) in [7, 11) is 0. The molecule has 1 atom stereocenters. The highest BCUT2D eigenvalue weighted by Crippen LogP contribution is 2.42. The van der Waals surface area contributed by atoms with Crippen LogP contribution in [0.3, 0.4) is 0 Å². The molecule has 0 saturated heterocycles. The lowest BCUT2D eigenvalue weighted by atomic mass is 9.79. The van der Waals surface area contributed by atoms with Gasteiger partial charge in [0.2, 0.25) is 0 Å². The van der Waals surface area contributed by atoms with Gasteiger partial charge in [0.1, 0.15) is 0 Å². The number of Topliss-reactive ketones (excluding diaryl/α,β-unsaturated/α-hetero) is 1. The Balaban J connectivity index is 2.68. The number of hydrogen-bond acceptors (Lipinski definition) is 1. The molecule has 0 aliphatic heterocycles. The Morgan fingerprint density at radius 1 is 1.23 bits per heavy atom. The molecule has 1 aliphatic carbocycles. The Bertz CT molecular complexity index is 363. The highest BCUT2D eigenvalue weighted by atomic mass is 16.1. The van der Waals surface area contributed by atoms with Crippen LogP contribution in [-0.4, -0.2) is 5.78 Å². The lowest BCUT2D eigenvalue weighted by molar-refractivity contribution is 0.0912. The minimum Gasteiger partial charge on any atom is -0.294 e. The van der Waals surface area contributed by atoms with Gasteiger partial charge in [-0.15, -0.1) is 0 Å². The van der Waals surface area contributed by atoms with Gasteiger partial charge in [-0.2, -0.15) is 0 Å². The van der Waals surface area contributed by atoms with Gasteiger partial charge >= 0.3 is 0 Å². The van der Waals surface area contributed by atoms with Gasteiger partial charge in [-0.3, -0.25) is 4.79 Å². The molecule has 0 spiro atoms. The Labute approximate surface area is 78.8 Å². The molecule has 1 aromatic rings. The Morgan fingerprint density at radius 2 is 1.85 bits per heavy atom. The van der Waals surface area contributed by atoms with Crippen molar-refractivity contribution in [2.45, 2.75) is 26.2 Å². The van der Waals surface area contributed by atoms with Gasteiger partial charge in [-0.1, -0.05) is 45.0 Å². The van der Waals surface area contributed by atoms with E-state index in [4.69, 9.17) is 0 Å². The molecule has 0 bridgehead atoms. The van der Waals surface area contributed by atoms with Crippen molar-refractivity contribution >= 4 is 5.78 Å². The number of ketones is 1. The van der Waals surface area contributed by atoms with Crippen molar-refractivity contribution in [1.82, 2.24) is 0 Å². The number of rotatable bonds is 0. The van der Waals surface area contributed by atoms with E-state index in [1.807, 2.05) is 25.1 Å². The van der Waals surface area contributed by atoms with Crippen LogP contribution in [0.5, 0.6) is 0 Å². The number of carbonyl (C=O) groups excluding carboxylic acids is 1. The molecule has 1 unspecified atom stereocenters. The van der Waals surface area contributed by atoms with Crippen molar-refractivity contribution in [3.63, 3.8) is 0 Å². The number of carbonyl (C=O) groups is 1. The van der Waals surface area contributed by atoms with Crippen LogP contribution >= 0.6 is 0 Å². The smallest absolute Gasteiger partial charge is 0.166 e. The average molecular weight is 174 g/mol. The molecule has 0 aromatic heterocycles. The predicted octanol–water partition coefficient (Wildman–Crippen LogP) is 2.80. The third kappa shape index (κ3) is 0.963. The van der Waals surface area contributed by atoms with E-state index in [-0.39, 0.29) is 11.3 Å². The zero-order valence-corrected chi connectivity index (χ0v) is 8.29. The summed E-state index contributed by atoms with van der Waals surface area (Å²) in [6.45, 7) is 6.30. The van der Waals surface area contributed by atoms with E-state index in [9.17, 15) is 4.79 Å². The largest absolute Gasteiger partial charge is 0.294 e. The quantitative estimate of drug-likeness (QED) is 0.591. The first-order valence-electron chi connectivity index (χ1n) is 4.69. The third-order valence-corrected chi connectivity index (χ3v) is 3.36. The molecule has 1 nitrogen and oxygen atoms in total. The monoisotopic (exact) mass is 174 g/mol. The van der Waals surface area contributed by atoms with Crippen LogP contribution in [0.25, 0.3) is 0 Å². The summed E-state index contributed by atoms with van der Waals surface area (Å²) in [6, 6.07) is 7.94. The zero-order chi connectivity index (χ0) is 9.64. The summed E-state index contributed by atoms with van der Waals surface area (Å²) in [6.07, 6.45) is 0. The fourth-order valence-corrected chi connectivity index (χ4v) is 2.05. The van der Waals surface area contributed by atoms with E-state index >= 15 is 0 Å². The van der Waals surface area contributed by atoms with Gasteiger partial charge in [-0.25, -0.2) is 0 Å². The fraction of sp³-hybridized carbons (Fsp3) is 0.417. The van der Waals surface area contributed by atoms with Crippen LogP contribution in [0.1, 0.15) is 36.7 Å². The molecule has 13 heavy (non-hydrogen) atoms. The molecular formula is C12H14O. The molecule has 0 saturated carbocycles. The number of hydrogen-bond donors (Lipinski definition) is 0. The van der Waals surface area contributed by atoms with Gasteiger partial charge in [0, 0.05) is 16.9 Å². The fourth-order valence-electron chi connectivity index (χ4n) is 2.05. The second-order valence-electron chi connectivity index (χ2n) is 4.35. The SMILES string of the molecule is CC1C(=O)c2ccccc2C1(C)C. The van der Waals surface area contributed by atoms with Gasteiger partial charge in [-0.05, 0) is 5.56 Å². The zero-order valence-electron chi connectivity index (χ0n) is 8.29. The molecule has 68 valence electrons. The van der Waals surface area contributed by atoms with Crippen molar-refractivity contribution in [3.05, 3.63) is 35.4 Å². The summed E-state index contributed by atoms with van der Waals surface area (Å²) < 4.78 is 0. The number of fused-ring (bicyclic) bond motifs is 1. The van der Waals surface area contributed by atoms with Gasteiger partial charge < -0.3 is 0 Å². The van der Waals surface area contributed by atoms with Crippen LogP contribution in [0.2, 0.25) is 0 Å².